The molecule has 4 rings (SSSR count). The van der Waals surface area contributed by atoms with Crippen molar-refractivity contribution in [2.75, 3.05) is 0 Å². The smallest absolute Gasteiger partial charge is 0.188 e. The molecule has 0 aliphatic carbocycles. The van der Waals surface area contributed by atoms with Gasteiger partial charge in [0.2, 0.25) is 0 Å². The maximum atomic E-state index is 11.0. The van der Waals surface area contributed by atoms with Gasteiger partial charge in [0.25, 0.3) is 0 Å². The normalized spacial score (nSPS) is 28.0. The Morgan fingerprint density at radius 2 is 1.21 bits per heavy atom. The molecule has 0 spiro atoms. The van der Waals surface area contributed by atoms with Crippen molar-refractivity contribution in [3.8, 4) is 11.5 Å². The van der Waals surface area contributed by atoms with Crippen LogP contribution in [0.1, 0.15) is 102 Å². The molecule has 4 N–H and O–H groups in total. The second-order valence-corrected chi connectivity index (χ2v) is 13.4. The number of phenols is 2. The summed E-state index contributed by atoms with van der Waals surface area (Å²) in [7, 11) is 0. The fraction of sp³-hybridized carbons (Fsp3) is 0.625. The molecule has 0 amide bonds. The standard InChI is InChI=1S/C32H44Br2O8/c1-3-23-17-24(40-31(39-23)27-14-20(33)10-12-29(27)37)9-5-7-22(36)16-26-18-25(8-4-6-19(2)35)41-32(42-26)28-15-21(34)11-13-30(28)38/h10-15,19,22-26,31-32,35-38H,3-9,16-18H2,1-2H3/t19-,22?,23?,24?,25?,26?,31?,32?/m0/s1. The van der Waals surface area contributed by atoms with Crippen molar-refractivity contribution in [2.24, 2.45) is 0 Å². The molecular formula is C32H44Br2O8. The first-order valence-electron chi connectivity index (χ1n) is 15.1. The lowest BCUT2D eigenvalue weighted by molar-refractivity contribution is -0.254. The molecule has 0 radical (unpaired) electrons. The van der Waals surface area contributed by atoms with Crippen LogP contribution in [0.2, 0.25) is 0 Å². The van der Waals surface area contributed by atoms with Crippen molar-refractivity contribution in [2.45, 2.75) is 127 Å². The molecule has 8 atom stereocenters. The number of halogens is 2. The summed E-state index contributed by atoms with van der Waals surface area (Å²) < 4.78 is 26.5. The summed E-state index contributed by atoms with van der Waals surface area (Å²) in [5.74, 6) is 0.243. The van der Waals surface area contributed by atoms with E-state index in [0.717, 1.165) is 47.5 Å². The van der Waals surface area contributed by atoms with Crippen LogP contribution in [-0.2, 0) is 18.9 Å². The largest absolute Gasteiger partial charge is 0.507 e. The maximum absolute atomic E-state index is 11.0. The molecule has 2 aromatic carbocycles. The van der Waals surface area contributed by atoms with Crippen molar-refractivity contribution in [3.63, 3.8) is 0 Å². The molecule has 2 heterocycles. The highest BCUT2D eigenvalue weighted by atomic mass is 79.9. The van der Waals surface area contributed by atoms with Gasteiger partial charge in [-0.15, -0.1) is 0 Å². The van der Waals surface area contributed by atoms with E-state index in [2.05, 4.69) is 38.8 Å². The van der Waals surface area contributed by atoms with Crippen LogP contribution in [0.15, 0.2) is 45.3 Å². The molecule has 8 nitrogen and oxygen atoms in total. The third kappa shape index (κ3) is 9.89. The average Bonchev–Trinajstić information content (AvgIpc) is 2.95. The van der Waals surface area contributed by atoms with Crippen molar-refractivity contribution < 1.29 is 39.4 Å². The first-order chi connectivity index (χ1) is 20.1. The Morgan fingerprint density at radius 1 is 0.738 bits per heavy atom. The van der Waals surface area contributed by atoms with E-state index in [1.165, 1.54) is 0 Å². The Morgan fingerprint density at radius 3 is 1.74 bits per heavy atom. The topological polar surface area (TPSA) is 118 Å². The summed E-state index contributed by atoms with van der Waals surface area (Å²) in [6.45, 7) is 3.87. The van der Waals surface area contributed by atoms with E-state index in [1.54, 1.807) is 37.3 Å². The number of phenolic OH excluding ortho intramolecular Hbond substituents is 2. The number of hydrogen-bond acceptors (Lipinski definition) is 8. The minimum atomic E-state index is -0.738. The number of aliphatic hydroxyl groups excluding tert-OH is 2. The van der Waals surface area contributed by atoms with E-state index in [1.807, 2.05) is 6.07 Å². The fourth-order valence-electron chi connectivity index (χ4n) is 5.72. The molecular weight excluding hydrogens is 672 g/mol. The van der Waals surface area contributed by atoms with E-state index in [-0.39, 0.29) is 42.0 Å². The lowest BCUT2D eigenvalue weighted by atomic mass is 9.96. The first-order valence-corrected chi connectivity index (χ1v) is 16.6. The lowest BCUT2D eigenvalue weighted by Gasteiger charge is -2.37. The van der Waals surface area contributed by atoms with Crippen LogP contribution in [0, 0.1) is 0 Å². The second kappa shape index (κ2) is 16.2. The van der Waals surface area contributed by atoms with E-state index >= 15 is 0 Å². The highest BCUT2D eigenvalue weighted by molar-refractivity contribution is 9.10. The molecule has 2 fully saturated rings. The molecule has 42 heavy (non-hydrogen) atoms. The van der Waals surface area contributed by atoms with Crippen LogP contribution in [0.25, 0.3) is 0 Å². The van der Waals surface area contributed by atoms with E-state index in [9.17, 15) is 20.4 Å². The Hall–Kier alpha value is -1.24. The van der Waals surface area contributed by atoms with Gasteiger partial charge in [0, 0.05) is 21.8 Å². The molecule has 0 aromatic heterocycles. The minimum Gasteiger partial charge on any atom is -0.507 e. The molecule has 7 unspecified atom stereocenters. The number of rotatable bonds is 13. The van der Waals surface area contributed by atoms with Gasteiger partial charge in [-0.1, -0.05) is 38.8 Å². The summed E-state index contributed by atoms with van der Waals surface area (Å²) in [6.07, 6.45) is 4.49. The van der Waals surface area contributed by atoms with Crippen LogP contribution < -0.4 is 0 Å². The van der Waals surface area contributed by atoms with Crippen LogP contribution in [0.3, 0.4) is 0 Å². The van der Waals surface area contributed by atoms with Gasteiger partial charge in [-0.3, -0.25) is 0 Å². The monoisotopic (exact) mass is 714 g/mol. The molecule has 0 bridgehead atoms. The predicted molar refractivity (Wildman–Crippen MR) is 166 cm³/mol. The van der Waals surface area contributed by atoms with Gasteiger partial charge in [-0.2, -0.15) is 0 Å². The van der Waals surface area contributed by atoms with E-state index in [4.69, 9.17) is 18.9 Å². The minimum absolute atomic E-state index is 0.0322. The first kappa shape index (κ1) is 33.6. The second-order valence-electron chi connectivity index (χ2n) is 11.6. The van der Waals surface area contributed by atoms with Crippen molar-refractivity contribution in [3.05, 3.63) is 56.5 Å². The third-order valence-electron chi connectivity index (χ3n) is 8.00. The zero-order valence-electron chi connectivity index (χ0n) is 24.3. The fourth-order valence-corrected chi connectivity index (χ4v) is 6.48. The Kier molecular flexibility index (Phi) is 13.0. The third-order valence-corrected chi connectivity index (χ3v) is 8.99. The molecule has 2 aromatic rings. The molecule has 2 aliphatic heterocycles. The van der Waals surface area contributed by atoms with Gasteiger partial charge >= 0.3 is 0 Å². The number of aliphatic hydroxyl groups is 2. The molecule has 2 aliphatic rings. The quantitative estimate of drug-likeness (QED) is 0.168. The van der Waals surface area contributed by atoms with Crippen LogP contribution in [0.4, 0.5) is 0 Å². The summed E-state index contributed by atoms with van der Waals surface area (Å²) in [5.41, 5.74) is 1.16. The summed E-state index contributed by atoms with van der Waals surface area (Å²) in [5, 5.41) is 41.6. The van der Waals surface area contributed by atoms with E-state index in [0.29, 0.717) is 36.8 Å². The molecule has 0 saturated carbocycles. The number of ether oxygens (including phenoxy) is 4. The summed E-state index contributed by atoms with van der Waals surface area (Å²) >= 11 is 6.92. The van der Waals surface area contributed by atoms with Crippen molar-refractivity contribution in [1.82, 2.24) is 0 Å². The molecule has 2 saturated heterocycles. The van der Waals surface area contributed by atoms with E-state index < -0.39 is 18.7 Å². The Labute approximate surface area is 265 Å². The van der Waals surface area contributed by atoms with Crippen molar-refractivity contribution in [1.29, 1.82) is 0 Å². The summed E-state index contributed by atoms with van der Waals surface area (Å²) in [4.78, 5) is 0. The zero-order valence-corrected chi connectivity index (χ0v) is 27.5. The Bertz CT molecular complexity index is 1130. The number of benzene rings is 2. The lowest BCUT2D eigenvalue weighted by Crippen LogP contribution is -2.36. The predicted octanol–water partition coefficient (Wildman–Crippen LogP) is 7.55. The number of aromatic hydroxyl groups is 2. The van der Waals surface area contributed by atoms with Gasteiger partial charge in [0.05, 0.1) is 47.8 Å². The average molecular weight is 717 g/mol. The van der Waals surface area contributed by atoms with Gasteiger partial charge < -0.3 is 39.4 Å². The van der Waals surface area contributed by atoms with Gasteiger partial charge in [-0.25, -0.2) is 0 Å². The zero-order chi connectivity index (χ0) is 30.2. The Balaban J connectivity index is 1.32. The highest BCUT2D eigenvalue weighted by Gasteiger charge is 2.34. The maximum Gasteiger partial charge on any atom is 0.188 e. The SMILES string of the molecule is CCC1CC(CCCC(O)CC2CC(CCC[C@H](C)O)OC(c3cc(Br)ccc3O)O2)OC(c2cc(Br)ccc2O)O1. The van der Waals surface area contributed by atoms with Crippen LogP contribution in [0.5, 0.6) is 11.5 Å². The van der Waals surface area contributed by atoms with Crippen molar-refractivity contribution >= 4 is 31.9 Å². The summed E-state index contributed by atoms with van der Waals surface area (Å²) in [6, 6.07) is 10.4. The number of hydrogen-bond donors (Lipinski definition) is 4. The highest BCUT2D eigenvalue weighted by Crippen LogP contribution is 2.40. The van der Waals surface area contributed by atoms with Crippen LogP contribution >= 0.6 is 31.9 Å². The van der Waals surface area contributed by atoms with Gasteiger partial charge in [-0.05, 0) is 94.7 Å². The van der Waals surface area contributed by atoms with Gasteiger partial charge in [0.15, 0.2) is 12.6 Å². The molecule has 10 heteroatoms. The van der Waals surface area contributed by atoms with Crippen LogP contribution in [-0.4, -0.2) is 57.0 Å². The molecule has 234 valence electrons. The van der Waals surface area contributed by atoms with Gasteiger partial charge in [0.1, 0.15) is 11.5 Å².